The highest BCUT2D eigenvalue weighted by Crippen LogP contribution is 2.42. The first-order valence-electron chi connectivity index (χ1n) is 15.7. The van der Waals surface area contributed by atoms with Gasteiger partial charge in [0.2, 0.25) is 0 Å². The van der Waals surface area contributed by atoms with Crippen LogP contribution in [0.25, 0.3) is 33.0 Å². The van der Waals surface area contributed by atoms with E-state index in [1.807, 2.05) is 14.1 Å². The Labute approximate surface area is 265 Å². The van der Waals surface area contributed by atoms with Crippen LogP contribution in [0.2, 0.25) is 0 Å². The molecule has 2 atom stereocenters. The molecule has 7 rings (SSSR count). The van der Waals surface area contributed by atoms with Crippen molar-refractivity contribution in [3.05, 3.63) is 51.6 Å². The van der Waals surface area contributed by atoms with Crippen molar-refractivity contribution < 1.29 is 23.0 Å². The van der Waals surface area contributed by atoms with Gasteiger partial charge in [0.05, 0.1) is 16.6 Å². The van der Waals surface area contributed by atoms with Crippen molar-refractivity contribution in [1.29, 1.82) is 0 Å². The molecule has 11 heteroatoms. The smallest absolute Gasteiger partial charge is 0.349 e. The van der Waals surface area contributed by atoms with Gasteiger partial charge in [-0.2, -0.15) is 9.97 Å². The predicted octanol–water partition coefficient (Wildman–Crippen LogP) is 5.39. The van der Waals surface area contributed by atoms with Gasteiger partial charge in [0, 0.05) is 41.6 Å². The Morgan fingerprint density at radius 2 is 2.02 bits per heavy atom. The molecule has 2 aromatic carbocycles. The molecule has 3 aliphatic rings. The number of alkyl halides is 1. The number of phenolic OH excluding ortho intramolecular Hbond substituents is 1. The maximum Gasteiger partial charge on any atom is 0.349 e. The molecule has 4 aromatic rings. The summed E-state index contributed by atoms with van der Waals surface area (Å²) in [5.41, 5.74) is -0.218. The van der Waals surface area contributed by atoms with E-state index in [0.717, 1.165) is 38.6 Å². The minimum absolute atomic E-state index is 0.0127. The molecule has 0 radical (unpaired) electrons. The first kappa shape index (κ1) is 30.4. The lowest BCUT2D eigenvalue weighted by Crippen LogP contribution is -2.54. The van der Waals surface area contributed by atoms with Gasteiger partial charge in [0.15, 0.2) is 0 Å². The number of aromatic hydroxyl groups is 1. The van der Waals surface area contributed by atoms with Crippen molar-refractivity contribution in [3.63, 3.8) is 0 Å². The van der Waals surface area contributed by atoms with Gasteiger partial charge >= 0.3 is 11.6 Å². The van der Waals surface area contributed by atoms with Crippen molar-refractivity contribution in [1.82, 2.24) is 19.8 Å². The quantitative estimate of drug-likeness (QED) is 0.249. The Kier molecular flexibility index (Phi) is 7.41. The van der Waals surface area contributed by atoms with Gasteiger partial charge in [-0.3, -0.25) is 4.90 Å². The molecule has 0 bridgehead atoms. The van der Waals surface area contributed by atoms with Crippen molar-refractivity contribution in [2.24, 2.45) is 0 Å². The zero-order valence-electron chi connectivity index (χ0n) is 26.3. The first-order valence-corrected chi connectivity index (χ1v) is 15.7. The number of nitrogens with one attached hydrogen (secondary N) is 1. The fraction of sp³-hybridized carbons (Fsp3) is 0.457. The monoisotopic (exact) mass is 629 g/mol. The number of nitrogens with zero attached hydrogens (tertiary/aromatic N) is 4. The van der Waals surface area contributed by atoms with Crippen LogP contribution in [-0.4, -0.2) is 82.5 Å². The highest BCUT2D eigenvalue weighted by molar-refractivity contribution is 6.03. The van der Waals surface area contributed by atoms with Crippen LogP contribution in [0.3, 0.4) is 0 Å². The van der Waals surface area contributed by atoms with Crippen LogP contribution in [0.15, 0.2) is 33.5 Å². The second-order valence-electron chi connectivity index (χ2n) is 13.3. The zero-order valence-corrected chi connectivity index (χ0v) is 26.3. The Hall–Kier alpha value is -4.27. The first-order chi connectivity index (χ1) is 22.0. The summed E-state index contributed by atoms with van der Waals surface area (Å²) in [6.45, 7) is 3.71. The number of aromatic nitrogens is 2. The van der Waals surface area contributed by atoms with Gasteiger partial charge in [-0.25, -0.2) is 13.6 Å². The Balaban J connectivity index is 1.38. The molecule has 0 spiro atoms. The van der Waals surface area contributed by atoms with Crippen LogP contribution >= 0.6 is 0 Å². The third kappa shape index (κ3) is 4.86. The summed E-state index contributed by atoms with van der Waals surface area (Å²) in [5, 5.41) is 15.0. The van der Waals surface area contributed by atoms with Crippen molar-refractivity contribution in [2.45, 2.75) is 62.7 Å². The van der Waals surface area contributed by atoms with E-state index >= 15 is 0 Å². The largest absolute Gasteiger partial charge is 0.508 e. The molecular formula is C35H37F2N5O4. The van der Waals surface area contributed by atoms with Crippen LogP contribution < -0.4 is 15.7 Å². The van der Waals surface area contributed by atoms with E-state index in [-0.39, 0.29) is 57.5 Å². The number of fused-ring (bicyclic) bond motifs is 3. The van der Waals surface area contributed by atoms with Gasteiger partial charge in [-0.05, 0) is 83.3 Å². The Morgan fingerprint density at radius 1 is 1.22 bits per heavy atom. The van der Waals surface area contributed by atoms with Crippen LogP contribution in [0.1, 0.15) is 49.7 Å². The molecule has 4 heterocycles. The lowest BCUT2D eigenvalue weighted by Gasteiger charge is -2.47. The lowest BCUT2D eigenvalue weighted by molar-refractivity contribution is 0.0738. The number of ether oxygens (including phenoxy) is 1. The highest BCUT2D eigenvalue weighted by atomic mass is 19.1. The molecule has 9 nitrogen and oxygen atoms in total. The van der Waals surface area contributed by atoms with E-state index in [0.29, 0.717) is 35.8 Å². The Morgan fingerprint density at radius 3 is 2.74 bits per heavy atom. The number of hydrogen-bond donors (Lipinski definition) is 2. The molecule has 2 saturated heterocycles. The van der Waals surface area contributed by atoms with Gasteiger partial charge in [-0.15, -0.1) is 6.42 Å². The van der Waals surface area contributed by atoms with Crippen molar-refractivity contribution in [3.8, 4) is 35.4 Å². The third-order valence-electron chi connectivity index (χ3n) is 10.5. The molecule has 2 aliphatic heterocycles. The topological polar surface area (TPSA) is 104 Å². The van der Waals surface area contributed by atoms with E-state index in [1.54, 1.807) is 6.92 Å². The molecule has 1 aliphatic carbocycles. The molecule has 2 N–H and O–H groups in total. The fourth-order valence-corrected chi connectivity index (χ4v) is 7.69. The minimum atomic E-state index is -0.910. The number of anilines is 1. The van der Waals surface area contributed by atoms with Crippen LogP contribution in [0, 0.1) is 25.1 Å². The summed E-state index contributed by atoms with van der Waals surface area (Å²) in [4.78, 5) is 27.6. The van der Waals surface area contributed by atoms with Crippen LogP contribution in [0.5, 0.6) is 11.8 Å². The van der Waals surface area contributed by atoms with E-state index in [9.17, 15) is 18.7 Å². The summed E-state index contributed by atoms with van der Waals surface area (Å²) < 4.78 is 41.6. The van der Waals surface area contributed by atoms with Crippen LogP contribution in [0.4, 0.5) is 14.6 Å². The summed E-state index contributed by atoms with van der Waals surface area (Å²) in [7, 11) is 4.08. The van der Waals surface area contributed by atoms with E-state index in [2.05, 4.69) is 26.0 Å². The molecule has 240 valence electrons. The van der Waals surface area contributed by atoms with Gasteiger partial charge in [0.1, 0.15) is 41.3 Å². The van der Waals surface area contributed by atoms with Crippen LogP contribution in [-0.2, 0) is 0 Å². The summed E-state index contributed by atoms with van der Waals surface area (Å²) in [6.07, 6.45) is 10.1. The standard InChI is InChI=1S/C35H37F2N5O4/c1-5-24-26(37)9-8-21-14-23(43)15-25(27(21)24)30-20(2)29-28(32(44)46-30)31(38-18-34(41(3)4)10-6-11-34)40-33(39-29)45-19-35-12-7-13-42(35)17-22(36)16-35/h1,8-9,14-15,22,43H,6-7,10-13,16-19H2,2-4H3,(H,38,39,40)/t22-,35+/m1/s1. The highest BCUT2D eigenvalue weighted by Gasteiger charge is 2.49. The zero-order chi connectivity index (χ0) is 32.4. The summed E-state index contributed by atoms with van der Waals surface area (Å²) in [5.74, 6) is 2.06. The second-order valence-corrected chi connectivity index (χ2v) is 13.3. The molecule has 0 amide bonds. The summed E-state index contributed by atoms with van der Waals surface area (Å²) >= 11 is 0. The molecule has 46 heavy (non-hydrogen) atoms. The molecule has 2 aromatic heterocycles. The number of rotatable bonds is 8. The average Bonchev–Trinajstić information content (AvgIpc) is 3.52. The van der Waals surface area contributed by atoms with E-state index < -0.39 is 23.2 Å². The van der Waals surface area contributed by atoms with E-state index in [1.165, 1.54) is 24.3 Å². The third-order valence-corrected chi connectivity index (χ3v) is 10.5. The molecule has 0 unspecified atom stereocenters. The van der Waals surface area contributed by atoms with Crippen molar-refractivity contribution >= 4 is 27.5 Å². The van der Waals surface area contributed by atoms with Gasteiger partial charge in [-0.1, -0.05) is 12.0 Å². The predicted molar refractivity (Wildman–Crippen MR) is 173 cm³/mol. The van der Waals surface area contributed by atoms with E-state index in [4.69, 9.17) is 20.6 Å². The fourth-order valence-electron chi connectivity index (χ4n) is 7.69. The SMILES string of the molecule is C#Cc1c(F)ccc2cc(O)cc(-c3oc(=O)c4c(NCC5(N(C)C)CCC5)nc(OC[C@@]56CCCN5C[C@H](F)C6)nc4c3C)c12. The summed E-state index contributed by atoms with van der Waals surface area (Å²) in [6, 6.07) is 5.68. The van der Waals surface area contributed by atoms with Crippen molar-refractivity contribution in [2.75, 3.05) is 45.7 Å². The number of benzene rings is 2. The number of terminal acetylenes is 1. The van der Waals surface area contributed by atoms with Gasteiger partial charge < -0.3 is 24.5 Å². The molecule has 1 saturated carbocycles. The molecular weight excluding hydrogens is 592 g/mol. The number of aryl methyl sites for hydroxylation is 1. The Bertz CT molecular complexity index is 1970. The number of phenols is 1. The minimum Gasteiger partial charge on any atom is -0.508 e. The number of halogens is 2. The lowest BCUT2D eigenvalue weighted by atomic mass is 9.75. The number of likely N-dealkylation sites (N-methyl/N-ethyl adjacent to an activating group) is 1. The number of hydrogen-bond acceptors (Lipinski definition) is 9. The molecule has 3 fully saturated rings. The van der Waals surface area contributed by atoms with Gasteiger partial charge in [0.25, 0.3) is 0 Å². The second kappa shape index (κ2) is 11.2. The maximum absolute atomic E-state index is 14.9. The average molecular weight is 630 g/mol. The normalized spacial score (nSPS) is 22.2. The maximum atomic E-state index is 14.9.